The number of fused-ring (bicyclic) bond motifs is 1. The fourth-order valence-corrected chi connectivity index (χ4v) is 3.38. The van der Waals surface area contributed by atoms with Crippen LogP contribution in [0.4, 0.5) is 5.82 Å². The van der Waals surface area contributed by atoms with Crippen molar-refractivity contribution in [1.82, 2.24) is 30.0 Å². The summed E-state index contributed by atoms with van der Waals surface area (Å²) in [5, 5.41) is 11.3. The maximum absolute atomic E-state index is 4.56. The van der Waals surface area contributed by atoms with E-state index in [-0.39, 0.29) is 6.04 Å². The van der Waals surface area contributed by atoms with Crippen LogP contribution in [0.15, 0.2) is 49.3 Å². The molecule has 0 fully saturated rings. The lowest BCUT2D eigenvalue weighted by Crippen LogP contribution is -2.18. The molecule has 7 nitrogen and oxygen atoms in total. The molecule has 2 N–H and O–H groups in total. The molecule has 3 heterocycles. The van der Waals surface area contributed by atoms with Crippen molar-refractivity contribution >= 4 is 5.82 Å². The third-order valence-corrected chi connectivity index (χ3v) is 4.75. The molecule has 0 saturated carbocycles. The molecule has 0 bridgehead atoms. The van der Waals surface area contributed by atoms with Gasteiger partial charge in [0.1, 0.15) is 24.8 Å². The van der Waals surface area contributed by atoms with Crippen molar-refractivity contribution in [2.45, 2.75) is 31.8 Å². The minimum Gasteiger partial charge on any atom is -0.363 e. The summed E-state index contributed by atoms with van der Waals surface area (Å²) < 4.78 is 1.86. The van der Waals surface area contributed by atoms with Gasteiger partial charge >= 0.3 is 0 Å². The standard InChI is InChI=1S/C19H23N7/c1-2-4-15(5-3-1)17(8-11-26-14-21-12-24-26)25-19-16-6-9-20-10-7-18(16)22-13-23-19/h1-5,12-14,17,20H,6-11H2,(H,22,23,25)/t17-/m0/s1. The summed E-state index contributed by atoms with van der Waals surface area (Å²) in [5.74, 6) is 0.950. The van der Waals surface area contributed by atoms with E-state index in [9.17, 15) is 0 Å². The van der Waals surface area contributed by atoms with Gasteiger partial charge in [0, 0.05) is 25.1 Å². The number of hydrogen-bond acceptors (Lipinski definition) is 6. The van der Waals surface area contributed by atoms with Crippen LogP contribution < -0.4 is 10.6 Å². The van der Waals surface area contributed by atoms with Gasteiger partial charge in [0.15, 0.2) is 0 Å². The van der Waals surface area contributed by atoms with Gasteiger partial charge in [-0.3, -0.25) is 4.68 Å². The number of nitrogens with zero attached hydrogens (tertiary/aromatic N) is 5. The number of aromatic nitrogens is 5. The van der Waals surface area contributed by atoms with E-state index in [0.29, 0.717) is 0 Å². The molecule has 0 aliphatic carbocycles. The first-order valence-corrected chi connectivity index (χ1v) is 9.07. The fraction of sp³-hybridized carbons (Fsp3) is 0.368. The molecule has 26 heavy (non-hydrogen) atoms. The summed E-state index contributed by atoms with van der Waals surface area (Å²) in [4.78, 5) is 13.1. The van der Waals surface area contributed by atoms with Crippen LogP contribution in [0.3, 0.4) is 0 Å². The lowest BCUT2D eigenvalue weighted by atomic mass is 10.0. The lowest BCUT2D eigenvalue weighted by molar-refractivity contribution is 0.536. The van der Waals surface area contributed by atoms with Crippen LogP contribution in [0.2, 0.25) is 0 Å². The number of anilines is 1. The molecule has 1 atom stereocenters. The smallest absolute Gasteiger partial charge is 0.137 e. The molecule has 7 heteroatoms. The van der Waals surface area contributed by atoms with Gasteiger partial charge in [0.2, 0.25) is 0 Å². The topological polar surface area (TPSA) is 80.6 Å². The molecule has 0 amide bonds. The highest BCUT2D eigenvalue weighted by Crippen LogP contribution is 2.26. The van der Waals surface area contributed by atoms with Gasteiger partial charge in [0.25, 0.3) is 0 Å². The van der Waals surface area contributed by atoms with Crippen LogP contribution in [0.5, 0.6) is 0 Å². The van der Waals surface area contributed by atoms with E-state index in [1.54, 1.807) is 19.0 Å². The average molecular weight is 349 g/mol. The minimum absolute atomic E-state index is 0.149. The number of nitrogens with one attached hydrogen (secondary N) is 2. The molecule has 0 radical (unpaired) electrons. The van der Waals surface area contributed by atoms with Gasteiger partial charge < -0.3 is 10.6 Å². The normalized spacial score (nSPS) is 15.1. The highest BCUT2D eigenvalue weighted by atomic mass is 15.3. The molecule has 1 aliphatic heterocycles. The zero-order chi connectivity index (χ0) is 17.6. The Bertz CT molecular complexity index is 817. The second kappa shape index (κ2) is 8.05. The third-order valence-electron chi connectivity index (χ3n) is 4.75. The highest BCUT2D eigenvalue weighted by Gasteiger charge is 2.18. The van der Waals surface area contributed by atoms with Gasteiger partial charge in [-0.2, -0.15) is 5.10 Å². The molecular weight excluding hydrogens is 326 g/mol. The van der Waals surface area contributed by atoms with E-state index in [0.717, 1.165) is 50.4 Å². The molecule has 4 rings (SSSR count). The first-order valence-electron chi connectivity index (χ1n) is 9.07. The molecule has 0 unspecified atom stereocenters. The lowest BCUT2D eigenvalue weighted by Gasteiger charge is -2.22. The maximum Gasteiger partial charge on any atom is 0.137 e. The Morgan fingerprint density at radius 2 is 1.96 bits per heavy atom. The summed E-state index contributed by atoms with van der Waals surface area (Å²) in [6, 6.07) is 10.6. The van der Waals surface area contributed by atoms with Gasteiger partial charge in [-0.05, 0) is 24.9 Å². The van der Waals surface area contributed by atoms with Crippen LogP contribution >= 0.6 is 0 Å². The Hall–Kier alpha value is -2.80. The summed E-state index contributed by atoms with van der Waals surface area (Å²) in [7, 11) is 0. The third kappa shape index (κ3) is 3.88. The first-order chi connectivity index (χ1) is 12.9. The van der Waals surface area contributed by atoms with Crippen molar-refractivity contribution in [1.29, 1.82) is 0 Å². The van der Waals surface area contributed by atoms with Gasteiger partial charge in [-0.15, -0.1) is 0 Å². The van der Waals surface area contributed by atoms with Crippen molar-refractivity contribution in [3.8, 4) is 0 Å². The number of hydrogen-bond donors (Lipinski definition) is 2. The van der Waals surface area contributed by atoms with Crippen LogP contribution in [0, 0.1) is 0 Å². The van der Waals surface area contributed by atoms with E-state index in [1.165, 1.54) is 11.1 Å². The van der Waals surface area contributed by atoms with E-state index in [1.807, 2.05) is 10.7 Å². The number of aryl methyl sites for hydroxylation is 1. The molecule has 1 aromatic carbocycles. The predicted octanol–water partition coefficient (Wildman–Crippen LogP) is 2.00. The molecule has 2 aromatic heterocycles. The van der Waals surface area contributed by atoms with Gasteiger partial charge in [-0.1, -0.05) is 30.3 Å². The van der Waals surface area contributed by atoms with E-state index in [4.69, 9.17) is 0 Å². The van der Waals surface area contributed by atoms with E-state index in [2.05, 4.69) is 54.9 Å². The summed E-state index contributed by atoms with van der Waals surface area (Å²) in [6.07, 6.45) is 7.79. The molecular formula is C19H23N7. The molecule has 134 valence electrons. The summed E-state index contributed by atoms with van der Waals surface area (Å²) >= 11 is 0. The summed E-state index contributed by atoms with van der Waals surface area (Å²) in [5.41, 5.74) is 3.63. The zero-order valence-corrected chi connectivity index (χ0v) is 14.7. The van der Waals surface area contributed by atoms with Crippen molar-refractivity contribution in [3.05, 3.63) is 66.1 Å². The SMILES string of the molecule is c1ccc([C@H](CCn2cncn2)Nc2ncnc3c2CCNCC3)cc1. The van der Waals surface area contributed by atoms with Crippen LogP contribution in [-0.4, -0.2) is 37.8 Å². The quantitative estimate of drug-likeness (QED) is 0.708. The van der Waals surface area contributed by atoms with Crippen molar-refractivity contribution in [2.75, 3.05) is 18.4 Å². The van der Waals surface area contributed by atoms with E-state index < -0.39 is 0 Å². The first kappa shape index (κ1) is 16.7. The molecule has 1 aliphatic rings. The summed E-state index contributed by atoms with van der Waals surface area (Å²) in [6.45, 7) is 2.73. The Kier molecular flexibility index (Phi) is 5.16. The number of rotatable bonds is 6. The zero-order valence-electron chi connectivity index (χ0n) is 14.7. The largest absolute Gasteiger partial charge is 0.363 e. The second-order valence-corrected chi connectivity index (χ2v) is 6.45. The molecule has 3 aromatic rings. The Balaban J connectivity index is 1.58. The van der Waals surface area contributed by atoms with Crippen molar-refractivity contribution in [3.63, 3.8) is 0 Å². The van der Waals surface area contributed by atoms with Gasteiger partial charge in [-0.25, -0.2) is 15.0 Å². The Morgan fingerprint density at radius 1 is 1.08 bits per heavy atom. The predicted molar refractivity (Wildman–Crippen MR) is 99.8 cm³/mol. The maximum atomic E-state index is 4.56. The van der Waals surface area contributed by atoms with E-state index >= 15 is 0 Å². The highest BCUT2D eigenvalue weighted by molar-refractivity contribution is 5.48. The van der Waals surface area contributed by atoms with Gasteiger partial charge in [0.05, 0.1) is 11.7 Å². The number of benzene rings is 1. The minimum atomic E-state index is 0.149. The van der Waals surface area contributed by atoms with Crippen LogP contribution in [0.1, 0.15) is 29.3 Å². The van der Waals surface area contributed by atoms with Crippen molar-refractivity contribution in [2.24, 2.45) is 0 Å². The monoisotopic (exact) mass is 349 g/mol. The average Bonchev–Trinajstić information content (AvgIpc) is 3.09. The Labute approximate surface area is 152 Å². The van der Waals surface area contributed by atoms with Crippen LogP contribution in [-0.2, 0) is 19.4 Å². The molecule has 0 saturated heterocycles. The molecule has 0 spiro atoms. The second-order valence-electron chi connectivity index (χ2n) is 6.45. The fourth-order valence-electron chi connectivity index (χ4n) is 3.38. The Morgan fingerprint density at radius 3 is 2.81 bits per heavy atom. The van der Waals surface area contributed by atoms with Crippen molar-refractivity contribution < 1.29 is 0 Å². The van der Waals surface area contributed by atoms with Crippen LogP contribution in [0.25, 0.3) is 0 Å².